The maximum Gasteiger partial charge on any atom is 0.268 e. The lowest BCUT2D eigenvalue weighted by Crippen LogP contribution is -2.35. The van der Waals surface area contributed by atoms with Crippen molar-refractivity contribution in [2.24, 2.45) is 7.05 Å². The molecule has 3 nitrogen and oxygen atoms in total. The Hall–Kier alpha value is -1.48. The minimum atomic E-state index is 0.0108. The second-order valence-electron chi connectivity index (χ2n) is 5.92. The molecule has 1 heterocycles. The van der Waals surface area contributed by atoms with Crippen molar-refractivity contribution in [1.29, 1.82) is 0 Å². The van der Waals surface area contributed by atoms with Gasteiger partial charge in [0.15, 0.2) is 0 Å². The Morgan fingerprint density at radius 3 is 2.62 bits per heavy atom. The highest BCUT2D eigenvalue weighted by atomic mass is 35.5. The summed E-state index contributed by atoms with van der Waals surface area (Å²) < 4.78 is 1.92. The average Bonchev–Trinajstić information content (AvgIpc) is 2.65. The van der Waals surface area contributed by atoms with Crippen LogP contribution in [0, 0.1) is 0 Å². The van der Waals surface area contributed by atoms with Gasteiger partial charge in [-0.25, -0.2) is 0 Å². The molecule has 1 aromatic carbocycles. The molecular formula is C17H21ClN2O. The number of aryl methyl sites for hydroxylation is 1. The first-order valence-electron chi connectivity index (χ1n) is 7.71. The number of nitrogens with one attached hydrogen (secondary N) is 1. The van der Waals surface area contributed by atoms with Gasteiger partial charge in [-0.3, -0.25) is 4.79 Å². The number of aromatic nitrogens is 1. The minimum Gasteiger partial charge on any atom is -0.348 e. The fourth-order valence-corrected chi connectivity index (χ4v) is 3.45. The van der Waals surface area contributed by atoms with Crippen LogP contribution in [0.15, 0.2) is 24.3 Å². The Balaban J connectivity index is 1.84. The largest absolute Gasteiger partial charge is 0.348 e. The van der Waals surface area contributed by atoms with Gasteiger partial charge in [0.05, 0.1) is 0 Å². The quantitative estimate of drug-likeness (QED) is 0.825. The molecule has 3 rings (SSSR count). The second kappa shape index (κ2) is 6.10. The number of nitrogens with zero attached hydrogens (tertiary/aromatic N) is 1. The van der Waals surface area contributed by atoms with E-state index in [2.05, 4.69) is 5.32 Å². The molecule has 0 aliphatic heterocycles. The summed E-state index contributed by atoms with van der Waals surface area (Å²) in [5, 5.41) is 4.82. The third-order valence-electron chi connectivity index (χ3n) is 4.46. The summed E-state index contributed by atoms with van der Waals surface area (Å²) in [6.07, 6.45) is 7.19. The summed E-state index contributed by atoms with van der Waals surface area (Å²) in [6, 6.07) is 7.97. The highest BCUT2D eigenvalue weighted by Gasteiger charge is 2.19. The summed E-state index contributed by atoms with van der Waals surface area (Å²) in [5.41, 5.74) is 1.68. The molecule has 1 N–H and O–H groups in total. The molecule has 1 aliphatic carbocycles. The van der Waals surface area contributed by atoms with E-state index in [0.717, 1.165) is 23.7 Å². The first-order chi connectivity index (χ1) is 10.2. The van der Waals surface area contributed by atoms with E-state index in [1.165, 1.54) is 25.7 Å². The minimum absolute atomic E-state index is 0.0108. The number of fused-ring (bicyclic) bond motifs is 1. The van der Waals surface area contributed by atoms with Crippen LogP contribution in [0.25, 0.3) is 10.9 Å². The molecule has 21 heavy (non-hydrogen) atoms. The van der Waals surface area contributed by atoms with Crippen molar-refractivity contribution in [3.8, 4) is 0 Å². The highest BCUT2D eigenvalue weighted by molar-refractivity contribution is 6.35. The SMILES string of the molecule is Cn1c(C(=O)NC2CCCCCC2)cc2c(Cl)cccc21. The zero-order chi connectivity index (χ0) is 14.8. The normalized spacial score (nSPS) is 16.9. The molecule has 2 aromatic rings. The summed E-state index contributed by atoms with van der Waals surface area (Å²) in [4.78, 5) is 12.6. The van der Waals surface area contributed by atoms with Gasteiger partial charge in [-0.2, -0.15) is 0 Å². The fourth-order valence-electron chi connectivity index (χ4n) is 3.23. The maximum atomic E-state index is 12.6. The molecule has 1 aliphatic rings. The number of benzene rings is 1. The van der Waals surface area contributed by atoms with Gasteiger partial charge in [-0.05, 0) is 31.0 Å². The molecule has 0 saturated heterocycles. The van der Waals surface area contributed by atoms with Gasteiger partial charge in [0, 0.05) is 29.0 Å². The first-order valence-corrected chi connectivity index (χ1v) is 8.09. The van der Waals surface area contributed by atoms with Crippen LogP contribution in [-0.4, -0.2) is 16.5 Å². The fraction of sp³-hybridized carbons (Fsp3) is 0.471. The third-order valence-corrected chi connectivity index (χ3v) is 4.79. The third kappa shape index (κ3) is 2.93. The zero-order valence-corrected chi connectivity index (χ0v) is 13.1. The van der Waals surface area contributed by atoms with E-state index in [0.29, 0.717) is 16.8 Å². The molecule has 0 atom stereocenters. The summed E-state index contributed by atoms with van der Waals surface area (Å²) in [7, 11) is 1.92. The molecule has 0 bridgehead atoms. The Morgan fingerprint density at radius 2 is 1.95 bits per heavy atom. The first kappa shape index (κ1) is 14.5. The standard InChI is InChI=1S/C17H21ClN2O/c1-20-15-10-6-9-14(18)13(15)11-16(20)17(21)19-12-7-4-2-3-5-8-12/h6,9-12H,2-5,7-8H2,1H3,(H,19,21). The van der Waals surface area contributed by atoms with E-state index in [1.54, 1.807) is 0 Å². The van der Waals surface area contributed by atoms with Crippen LogP contribution in [0.4, 0.5) is 0 Å². The number of rotatable bonds is 2. The Morgan fingerprint density at radius 1 is 1.24 bits per heavy atom. The van der Waals surface area contributed by atoms with E-state index < -0.39 is 0 Å². The van der Waals surface area contributed by atoms with Gasteiger partial charge in [0.2, 0.25) is 0 Å². The number of carbonyl (C=O) groups excluding carboxylic acids is 1. The molecule has 1 amide bonds. The predicted molar refractivity (Wildman–Crippen MR) is 86.9 cm³/mol. The molecule has 1 aromatic heterocycles. The maximum absolute atomic E-state index is 12.6. The molecule has 112 valence electrons. The molecule has 0 radical (unpaired) electrons. The van der Waals surface area contributed by atoms with Gasteiger partial charge in [-0.1, -0.05) is 43.4 Å². The lowest BCUT2D eigenvalue weighted by atomic mass is 10.1. The lowest BCUT2D eigenvalue weighted by Gasteiger charge is -2.16. The smallest absolute Gasteiger partial charge is 0.268 e. The number of amides is 1. The van der Waals surface area contributed by atoms with Gasteiger partial charge < -0.3 is 9.88 Å². The number of halogens is 1. The molecule has 0 spiro atoms. The van der Waals surface area contributed by atoms with Crippen LogP contribution in [-0.2, 0) is 7.05 Å². The van der Waals surface area contributed by atoms with Crippen molar-refractivity contribution in [3.63, 3.8) is 0 Å². The van der Waals surface area contributed by atoms with Gasteiger partial charge >= 0.3 is 0 Å². The summed E-state index contributed by atoms with van der Waals surface area (Å²) >= 11 is 6.22. The van der Waals surface area contributed by atoms with Crippen LogP contribution in [0.2, 0.25) is 5.02 Å². The predicted octanol–water partition coefficient (Wildman–Crippen LogP) is 4.28. The van der Waals surface area contributed by atoms with E-state index in [-0.39, 0.29) is 5.91 Å². The van der Waals surface area contributed by atoms with Crippen LogP contribution in [0.1, 0.15) is 49.0 Å². The summed E-state index contributed by atoms with van der Waals surface area (Å²) in [5.74, 6) is 0.0108. The zero-order valence-electron chi connectivity index (χ0n) is 12.4. The molecular weight excluding hydrogens is 284 g/mol. The van der Waals surface area contributed by atoms with E-state index in [4.69, 9.17) is 11.6 Å². The highest BCUT2D eigenvalue weighted by Crippen LogP contribution is 2.26. The van der Waals surface area contributed by atoms with Crippen molar-refractivity contribution in [1.82, 2.24) is 9.88 Å². The molecule has 1 saturated carbocycles. The van der Waals surface area contributed by atoms with Gasteiger partial charge in [-0.15, -0.1) is 0 Å². The van der Waals surface area contributed by atoms with Gasteiger partial charge in [0.1, 0.15) is 5.69 Å². The van der Waals surface area contributed by atoms with Crippen molar-refractivity contribution in [3.05, 3.63) is 35.0 Å². The topological polar surface area (TPSA) is 34.0 Å². The van der Waals surface area contributed by atoms with E-state index >= 15 is 0 Å². The Labute approximate surface area is 130 Å². The van der Waals surface area contributed by atoms with Crippen LogP contribution in [0.3, 0.4) is 0 Å². The van der Waals surface area contributed by atoms with Crippen LogP contribution in [0.5, 0.6) is 0 Å². The van der Waals surface area contributed by atoms with Crippen molar-refractivity contribution >= 4 is 28.4 Å². The Bertz CT molecular complexity index is 654. The molecule has 0 unspecified atom stereocenters. The monoisotopic (exact) mass is 304 g/mol. The summed E-state index contributed by atoms with van der Waals surface area (Å²) in [6.45, 7) is 0. The molecule has 4 heteroatoms. The van der Waals surface area contributed by atoms with Gasteiger partial charge in [0.25, 0.3) is 5.91 Å². The van der Waals surface area contributed by atoms with Crippen LogP contribution >= 0.6 is 11.6 Å². The number of hydrogen-bond donors (Lipinski definition) is 1. The van der Waals surface area contributed by atoms with Crippen LogP contribution < -0.4 is 5.32 Å². The average molecular weight is 305 g/mol. The van der Waals surface area contributed by atoms with E-state index in [9.17, 15) is 4.79 Å². The van der Waals surface area contributed by atoms with Crippen molar-refractivity contribution in [2.75, 3.05) is 0 Å². The number of hydrogen-bond acceptors (Lipinski definition) is 1. The van der Waals surface area contributed by atoms with Crippen molar-refractivity contribution in [2.45, 2.75) is 44.6 Å². The van der Waals surface area contributed by atoms with E-state index in [1.807, 2.05) is 35.9 Å². The van der Waals surface area contributed by atoms with Crippen molar-refractivity contribution < 1.29 is 4.79 Å². The number of carbonyl (C=O) groups is 1. The second-order valence-corrected chi connectivity index (χ2v) is 6.33. The Kier molecular flexibility index (Phi) is 4.20. The molecule has 1 fully saturated rings. The lowest BCUT2D eigenvalue weighted by molar-refractivity contribution is 0.0925.